The molecule has 4 heteroatoms. The fraction of sp³-hybridized carbons (Fsp3) is 0.714. The van der Waals surface area contributed by atoms with Crippen LogP contribution in [-0.4, -0.2) is 40.0 Å². The average Bonchev–Trinajstić information content (AvgIpc) is 2.81. The van der Waals surface area contributed by atoms with Gasteiger partial charge in [0.1, 0.15) is 5.82 Å². The second-order valence-corrected chi connectivity index (χ2v) is 5.62. The minimum Gasteiger partial charge on any atom is -0.366 e. The van der Waals surface area contributed by atoms with Gasteiger partial charge in [-0.2, -0.15) is 0 Å². The molecule has 1 aromatic rings. The van der Waals surface area contributed by atoms with Crippen LogP contribution in [0.1, 0.15) is 37.1 Å². The molecule has 0 aliphatic carbocycles. The fourth-order valence-electron chi connectivity index (χ4n) is 3.18. The van der Waals surface area contributed by atoms with Crippen LogP contribution in [0.2, 0.25) is 0 Å². The Morgan fingerprint density at radius 3 is 2.94 bits per heavy atom. The minimum atomic E-state index is 0.570. The summed E-state index contributed by atoms with van der Waals surface area (Å²) in [5, 5.41) is 3.56. The number of aromatic nitrogens is 2. The number of nitrogens with one attached hydrogen (secondary N) is 1. The Morgan fingerprint density at radius 1 is 1.22 bits per heavy atom. The van der Waals surface area contributed by atoms with Crippen LogP contribution in [0.25, 0.3) is 0 Å². The monoisotopic (exact) mass is 246 g/mol. The SMILES string of the molecule is Cc1ncc(NC2CCN3CCCC3C2)nc1C. The Morgan fingerprint density at radius 2 is 2.11 bits per heavy atom. The Kier molecular flexibility index (Phi) is 3.20. The van der Waals surface area contributed by atoms with Crippen LogP contribution in [0.4, 0.5) is 5.82 Å². The summed E-state index contributed by atoms with van der Waals surface area (Å²) in [6, 6.07) is 1.37. The van der Waals surface area contributed by atoms with Crippen molar-refractivity contribution in [3.63, 3.8) is 0 Å². The maximum Gasteiger partial charge on any atom is 0.145 e. The predicted molar refractivity (Wildman–Crippen MR) is 72.7 cm³/mol. The summed E-state index contributed by atoms with van der Waals surface area (Å²) >= 11 is 0. The van der Waals surface area contributed by atoms with Crippen LogP contribution >= 0.6 is 0 Å². The zero-order valence-electron chi connectivity index (χ0n) is 11.3. The largest absolute Gasteiger partial charge is 0.366 e. The van der Waals surface area contributed by atoms with Crippen LogP contribution in [0, 0.1) is 13.8 Å². The zero-order valence-corrected chi connectivity index (χ0v) is 11.3. The number of fused-ring (bicyclic) bond motifs is 1. The van der Waals surface area contributed by atoms with Gasteiger partial charge < -0.3 is 10.2 Å². The molecule has 0 aromatic carbocycles. The highest BCUT2D eigenvalue weighted by molar-refractivity contribution is 5.34. The Labute approximate surface area is 109 Å². The third kappa shape index (κ3) is 2.34. The minimum absolute atomic E-state index is 0.570. The van der Waals surface area contributed by atoms with Gasteiger partial charge in [0.05, 0.1) is 17.6 Å². The topological polar surface area (TPSA) is 41.1 Å². The normalized spacial score (nSPS) is 28.1. The van der Waals surface area contributed by atoms with Gasteiger partial charge in [-0.3, -0.25) is 4.98 Å². The van der Waals surface area contributed by atoms with Gasteiger partial charge in [0.2, 0.25) is 0 Å². The molecule has 1 N–H and O–H groups in total. The van der Waals surface area contributed by atoms with E-state index in [1.807, 2.05) is 20.0 Å². The highest BCUT2D eigenvalue weighted by Crippen LogP contribution is 2.28. The number of anilines is 1. The summed E-state index contributed by atoms with van der Waals surface area (Å²) < 4.78 is 0. The van der Waals surface area contributed by atoms with E-state index in [4.69, 9.17) is 0 Å². The molecule has 3 rings (SSSR count). The van der Waals surface area contributed by atoms with E-state index in [0.29, 0.717) is 6.04 Å². The maximum absolute atomic E-state index is 4.57. The molecule has 2 unspecified atom stereocenters. The van der Waals surface area contributed by atoms with E-state index in [-0.39, 0.29) is 0 Å². The fourth-order valence-corrected chi connectivity index (χ4v) is 3.18. The van der Waals surface area contributed by atoms with E-state index in [1.54, 1.807) is 0 Å². The highest BCUT2D eigenvalue weighted by Gasteiger charge is 2.31. The lowest BCUT2D eigenvalue weighted by molar-refractivity contribution is 0.188. The molecule has 1 aromatic heterocycles. The Balaban J connectivity index is 1.64. The molecule has 0 amide bonds. The summed E-state index contributed by atoms with van der Waals surface area (Å²) in [5.41, 5.74) is 2.05. The van der Waals surface area contributed by atoms with Gasteiger partial charge >= 0.3 is 0 Å². The summed E-state index contributed by atoms with van der Waals surface area (Å²) in [4.78, 5) is 11.6. The molecule has 18 heavy (non-hydrogen) atoms. The summed E-state index contributed by atoms with van der Waals surface area (Å²) in [7, 11) is 0. The van der Waals surface area contributed by atoms with Crippen molar-refractivity contribution in [1.82, 2.24) is 14.9 Å². The van der Waals surface area contributed by atoms with E-state index >= 15 is 0 Å². The molecule has 98 valence electrons. The first-order chi connectivity index (χ1) is 8.72. The Hall–Kier alpha value is -1.16. The zero-order chi connectivity index (χ0) is 12.5. The molecular formula is C14H22N4. The van der Waals surface area contributed by atoms with Crippen LogP contribution < -0.4 is 5.32 Å². The lowest BCUT2D eigenvalue weighted by Gasteiger charge is -2.35. The standard InChI is InChI=1S/C14H22N4/c1-10-11(2)16-14(9-15-10)17-12-5-7-18-6-3-4-13(18)8-12/h9,12-13H,3-8H2,1-2H3,(H,16,17). The second kappa shape index (κ2) is 4.84. The van der Waals surface area contributed by atoms with Gasteiger partial charge in [-0.15, -0.1) is 0 Å². The quantitative estimate of drug-likeness (QED) is 0.868. The third-order valence-electron chi connectivity index (χ3n) is 4.36. The van der Waals surface area contributed by atoms with Crippen molar-refractivity contribution in [3.8, 4) is 0 Å². The number of nitrogens with zero attached hydrogens (tertiary/aromatic N) is 3. The molecule has 0 saturated carbocycles. The van der Waals surface area contributed by atoms with Crippen molar-refractivity contribution < 1.29 is 0 Å². The van der Waals surface area contributed by atoms with Crippen LogP contribution in [0.5, 0.6) is 0 Å². The molecule has 3 heterocycles. The number of hydrogen-bond donors (Lipinski definition) is 1. The summed E-state index contributed by atoms with van der Waals surface area (Å²) in [6.45, 7) is 6.57. The van der Waals surface area contributed by atoms with E-state index in [2.05, 4.69) is 20.2 Å². The molecule has 0 bridgehead atoms. The number of hydrogen-bond acceptors (Lipinski definition) is 4. The van der Waals surface area contributed by atoms with E-state index in [1.165, 1.54) is 38.8 Å². The van der Waals surface area contributed by atoms with Crippen molar-refractivity contribution in [1.29, 1.82) is 0 Å². The lowest BCUT2D eigenvalue weighted by Crippen LogP contribution is -2.42. The first-order valence-electron chi connectivity index (χ1n) is 7.03. The van der Waals surface area contributed by atoms with Crippen molar-refractivity contribution in [2.45, 2.75) is 51.6 Å². The Bertz CT molecular complexity index is 432. The van der Waals surface area contributed by atoms with Gasteiger partial charge in [0.15, 0.2) is 0 Å². The smallest absolute Gasteiger partial charge is 0.145 e. The van der Waals surface area contributed by atoms with Gasteiger partial charge in [0.25, 0.3) is 0 Å². The highest BCUT2D eigenvalue weighted by atomic mass is 15.2. The summed E-state index contributed by atoms with van der Waals surface area (Å²) in [6.07, 6.45) is 7.10. The van der Waals surface area contributed by atoms with Gasteiger partial charge in [-0.25, -0.2) is 4.98 Å². The molecule has 0 spiro atoms. The van der Waals surface area contributed by atoms with Gasteiger partial charge in [-0.1, -0.05) is 0 Å². The summed E-state index contributed by atoms with van der Waals surface area (Å²) in [5.74, 6) is 0.939. The molecule has 2 saturated heterocycles. The molecule has 0 radical (unpaired) electrons. The predicted octanol–water partition coefficient (Wildman–Crippen LogP) is 2.13. The van der Waals surface area contributed by atoms with E-state index < -0.39 is 0 Å². The van der Waals surface area contributed by atoms with Crippen LogP contribution in [0.15, 0.2) is 6.20 Å². The van der Waals surface area contributed by atoms with Crippen molar-refractivity contribution in [2.24, 2.45) is 0 Å². The van der Waals surface area contributed by atoms with E-state index in [0.717, 1.165) is 23.2 Å². The lowest BCUT2D eigenvalue weighted by atomic mass is 9.98. The third-order valence-corrected chi connectivity index (χ3v) is 4.36. The first kappa shape index (κ1) is 11.9. The van der Waals surface area contributed by atoms with Crippen LogP contribution in [0.3, 0.4) is 0 Å². The van der Waals surface area contributed by atoms with Crippen molar-refractivity contribution >= 4 is 5.82 Å². The van der Waals surface area contributed by atoms with E-state index in [9.17, 15) is 0 Å². The molecule has 2 atom stereocenters. The number of piperidine rings is 1. The molecule has 2 fully saturated rings. The first-order valence-corrected chi connectivity index (χ1v) is 7.03. The second-order valence-electron chi connectivity index (χ2n) is 5.62. The number of aryl methyl sites for hydroxylation is 2. The molecule has 2 aliphatic rings. The molecule has 2 aliphatic heterocycles. The maximum atomic E-state index is 4.57. The van der Waals surface area contributed by atoms with Gasteiger partial charge in [-0.05, 0) is 46.1 Å². The van der Waals surface area contributed by atoms with Crippen LogP contribution in [-0.2, 0) is 0 Å². The van der Waals surface area contributed by atoms with Gasteiger partial charge in [0, 0.05) is 18.6 Å². The average molecular weight is 246 g/mol. The molecular weight excluding hydrogens is 224 g/mol. The van der Waals surface area contributed by atoms with Crippen molar-refractivity contribution in [2.75, 3.05) is 18.4 Å². The van der Waals surface area contributed by atoms with Crippen molar-refractivity contribution in [3.05, 3.63) is 17.6 Å². The number of rotatable bonds is 2. The molecule has 4 nitrogen and oxygen atoms in total.